The van der Waals surface area contributed by atoms with Crippen LogP contribution in [-0.4, -0.2) is 55.4 Å². The standard InChI is InChI=1S/C20H27N3O3S/c1-5-23(13-19(24)21-16-6-8-17(26-4)9-7-16)14-20(25)22(3)12-18-15(2)10-11-27-18/h6-11H,5,12-14H2,1-4H3,(H,21,24). The summed E-state index contributed by atoms with van der Waals surface area (Å²) >= 11 is 1.65. The number of hydrogen-bond donors (Lipinski definition) is 1. The van der Waals surface area contributed by atoms with Crippen molar-refractivity contribution in [2.45, 2.75) is 20.4 Å². The Morgan fingerprint density at radius 2 is 1.85 bits per heavy atom. The first-order valence-corrected chi connectivity index (χ1v) is 9.74. The van der Waals surface area contributed by atoms with E-state index in [9.17, 15) is 9.59 Å². The highest BCUT2D eigenvalue weighted by atomic mass is 32.1. The molecule has 7 heteroatoms. The summed E-state index contributed by atoms with van der Waals surface area (Å²) in [7, 11) is 3.40. The molecule has 0 aliphatic heterocycles. The minimum absolute atomic E-state index is 0.00176. The van der Waals surface area contributed by atoms with E-state index in [2.05, 4.69) is 11.4 Å². The van der Waals surface area contributed by atoms with Gasteiger partial charge in [0.25, 0.3) is 0 Å². The third kappa shape index (κ3) is 6.37. The lowest BCUT2D eigenvalue weighted by molar-refractivity contribution is -0.132. The van der Waals surface area contributed by atoms with Crippen molar-refractivity contribution in [1.29, 1.82) is 0 Å². The summed E-state index contributed by atoms with van der Waals surface area (Å²) in [5, 5.41) is 4.88. The number of hydrogen-bond acceptors (Lipinski definition) is 5. The molecule has 0 aliphatic rings. The number of aryl methyl sites for hydroxylation is 1. The van der Waals surface area contributed by atoms with Crippen LogP contribution >= 0.6 is 11.3 Å². The molecule has 0 aliphatic carbocycles. The van der Waals surface area contributed by atoms with Crippen molar-refractivity contribution in [1.82, 2.24) is 9.80 Å². The highest BCUT2D eigenvalue weighted by Crippen LogP contribution is 2.17. The molecule has 0 fully saturated rings. The fourth-order valence-corrected chi connectivity index (χ4v) is 3.50. The molecule has 2 amide bonds. The summed E-state index contributed by atoms with van der Waals surface area (Å²) in [5.41, 5.74) is 1.90. The van der Waals surface area contributed by atoms with E-state index in [4.69, 9.17) is 4.74 Å². The lowest BCUT2D eigenvalue weighted by Crippen LogP contribution is -2.41. The molecule has 1 aromatic carbocycles. The fraction of sp³-hybridized carbons (Fsp3) is 0.400. The molecule has 2 aromatic rings. The van der Waals surface area contributed by atoms with Crippen LogP contribution in [0.3, 0.4) is 0 Å². The van der Waals surface area contributed by atoms with Crippen molar-refractivity contribution in [2.75, 3.05) is 39.1 Å². The second-order valence-electron chi connectivity index (χ2n) is 6.36. The Balaban J connectivity index is 1.85. The van der Waals surface area contributed by atoms with Crippen molar-refractivity contribution in [3.63, 3.8) is 0 Å². The van der Waals surface area contributed by atoms with E-state index >= 15 is 0 Å². The predicted octanol–water partition coefficient (Wildman–Crippen LogP) is 2.98. The molecule has 0 saturated carbocycles. The van der Waals surface area contributed by atoms with E-state index in [-0.39, 0.29) is 24.9 Å². The number of amides is 2. The van der Waals surface area contributed by atoms with Crippen LogP contribution in [0.2, 0.25) is 0 Å². The summed E-state index contributed by atoms with van der Waals surface area (Å²) in [6.45, 7) is 5.59. The molecule has 0 radical (unpaired) electrons. The van der Waals surface area contributed by atoms with Crippen molar-refractivity contribution >= 4 is 28.8 Å². The van der Waals surface area contributed by atoms with Gasteiger partial charge < -0.3 is 15.0 Å². The molecule has 1 N–H and O–H groups in total. The Morgan fingerprint density at radius 1 is 1.15 bits per heavy atom. The Bertz CT molecular complexity index is 758. The fourth-order valence-electron chi connectivity index (χ4n) is 2.54. The average Bonchev–Trinajstić information content (AvgIpc) is 3.06. The molecular formula is C20H27N3O3S. The van der Waals surface area contributed by atoms with Gasteiger partial charge in [0.15, 0.2) is 0 Å². The Kier molecular flexibility index (Phi) is 7.82. The number of nitrogens with one attached hydrogen (secondary N) is 1. The molecule has 1 heterocycles. The smallest absolute Gasteiger partial charge is 0.238 e. The van der Waals surface area contributed by atoms with Gasteiger partial charge in [0.05, 0.1) is 26.7 Å². The van der Waals surface area contributed by atoms with E-state index in [1.54, 1.807) is 54.7 Å². The lowest BCUT2D eigenvalue weighted by atomic mass is 10.3. The molecule has 146 valence electrons. The van der Waals surface area contributed by atoms with E-state index in [1.807, 2.05) is 24.1 Å². The number of nitrogens with zero attached hydrogens (tertiary/aromatic N) is 2. The maximum atomic E-state index is 12.5. The van der Waals surface area contributed by atoms with Crippen molar-refractivity contribution in [3.8, 4) is 5.75 Å². The SMILES string of the molecule is CCN(CC(=O)Nc1ccc(OC)cc1)CC(=O)N(C)Cc1sccc1C. The predicted molar refractivity (Wildman–Crippen MR) is 109 cm³/mol. The van der Waals surface area contributed by atoms with Gasteiger partial charge in [0, 0.05) is 17.6 Å². The highest BCUT2D eigenvalue weighted by molar-refractivity contribution is 7.10. The first kappa shape index (κ1) is 20.9. The van der Waals surface area contributed by atoms with Crippen LogP contribution in [0.25, 0.3) is 0 Å². The first-order valence-electron chi connectivity index (χ1n) is 8.86. The highest BCUT2D eigenvalue weighted by Gasteiger charge is 2.17. The van der Waals surface area contributed by atoms with Gasteiger partial charge in [-0.15, -0.1) is 11.3 Å². The number of carbonyl (C=O) groups is 2. The summed E-state index contributed by atoms with van der Waals surface area (Å²) in [6, 6.07) is 9.21. The number of methoxy groups -OCH3 is 1. The number of likely N-dealkylation sites (N-methyl/N-ethyl adjacent to an activating group) is 2. The van der Waals surface area contributed by atoms with E-state index in [0.717, 1.165) is 5.75 Å². The second kappa shape index (κ2) is 10.1. The minimum atomic E-state index is -0.147. The van der Waals surface area contributed by atoms with E-state index in [0.29, 0.717) is 18.8 Å². The van der Waals surface area contributed by atoms with Crippen LogP contribution in [0.4, 0.5) is 5.69 Å². The molecular weight excluding hydrogens is 362 g/mol. The Morgan fingerprint density at radius 3 is 2.41 bits per heavy atom. The number of thiophene rings is 1. The minimum Gasteiger partial charge on any atom is -0.497 e. The van der Waals surface area contributed by atoms with Gasteiger partial charge in [0.1, 0.15) is 5.75 Å². The number of anilines is 1. The molecule has 0 bridgehead atoms. The first-order chi connectivity index (χ1) is 12.9. The van der Waals surface area contributed by atoms with Gasteiger partial charge in [-0.1, -0.05) is 6.92 Å². The zero-order valence-corrected chi connectivity index (χ0v) is 17.1. The van der Waals surface area contributed by atoms with Crippen LogP contribution < -0.4 is 10.1 Å². The van der Waals surface area contributed by atoms with Crippen LogP contribution in [0.1, 0.15) is 17.4 Å². The molecule has 6 nitrogen and oxygen atoms in total. The summed E-state index contributed by atoms with van der Waals surface area (Å²) < 4.78 is 5.10. The topological polar surface area (TPSA) is 61.9 Å². The largest absolute Gasteiger partial charge is 0.497 e. The number of rotatable bonds is 9. The lowest BCUT2D eigenvalue weighted by Gasteiger charge is -2.23. The van der Waals surface area contributed by atoms with Crippen LogP contribution in [0.15, 0.2) is 35.7 Å². The molecule has 0 unspecified atom stereocenters. The normalized spacial score (nSPS) is 10.7. The van der Waals surface area contributed by atoms with Gasteiger partial charge in [0.2, 0.25) is 11.8 Å². The molecule has 27 heavy (non-hydrogen) atoms. The number of carbonyl (C=O) groups excluding carboxylic acids is 2. The number of ether oxygens (including phenoxy) is 1. The summed E-state index contributed by atoms with van der Waals surface area (Å²) in [6.07, 6.45) is 0. The molecule has 0 atom stereocenters. The maximum absolute atomic E-state index is 12.5. The third-order valence-electron chi connectivity index (χ3n) is 4.32. The third-order valence-corrected chi connectivity index (χ3v) is 5.33. The van der Waals surface area contributed by atoms with E-state index in [1.165, 1.54) is 10.4 Å². The molecule has 1 aromatic heterocycles. The zero-order valence-electron chi connectivity index (χ0n) is 16.3. The Labute approximate surface area is 164 Å². The van der Waals surface area contributed by atoms with Crippen molar-refractivity contribution < 1.29 is 14.3 Å². The average molecular weight is 390 g/mol. The van der Waals surface area contributed by atoms with Gasteiger partial charge >= 0.3 is 0 Å². The zero-order chi connectivity index (χ0) is 19.8. The molecule has 0 spiro atoms. The number of benzene rings is 1. The molecule has 0 saturated heterocycles. The van der Waals surface area contributed by atoms with Crippen LogP contribution in [0, 0.1) is 6.92 Å². The van der Waals surface area contributed by atoms with Gasteiger partial charge in [-0.3, -0.25) is 14.5 Å². The Hall–Kier alpha value is -2.38. The van der Waals surface area contributed by atoms with Gasteiger partial charge in [-0.2, -0.15) is 0 Å². The van der Waals surface area contributed by atoms with Gasteiger partial charge in [-0.25, -0.2) is 0 Å². The maximum Gasteiger partial charge on any atom is 0.238 e. The quantitative estimate of drug-likeness (QED) is 0.716. The van der Waals surface area contributed by atoms with Crippen molar-refractivity contribution in [3.05, 3.63) is 46.2 Å². The monoisotopic (exact) mass is 389 g/mol. The van der Waals surface area contributed by atoms with Gasteiger partial charge in [-0.05, 0) is 54.7 Å². The van der Waals surface area contributed by atoms with Crippen molar-refractivity contribution in [2.24, 2.45) is 0 Å². The summed E-state index contributed by atoms with van der Waals surface area (Å²) in [5.74, 6) is 0.589. The van der Waals surface area contributed by atoms with E-state index < -0.39 is 0 Å². The van der Waals surface area contributed by atoms with Crippen LogP contribution in [0.5, 0.6) is 5.75 Å². The molecule has 2 rings (SSSR count). The summed E-state index contributed by atoms with van der Waals surface area (Å²) in [4.78, 5) is 29.5. The van der Waals surface area contributed by atoms with Crippen LogP contribution in [-0.2, 0) is 16.1 Å². The second-order valence-corrected chi connectivity index (χ2v) is 7.36.